The number of carbonyl (C=O) groups excluding carboxylic acids is 1. The highest BCUT2D eigenvalue weighted by Crippen LogP contribution is 2.31. The molecule has 0 aliphatic heterocycles. The third-order valence-electron chi connectivity index (χ3n) is 2.24. The second-order valence-electron chi connectivity index (χ2n) is 3.52. The molecular weight excluding hydrogens is 313 g/mol. The molecule has 0 heterocycles. The zero-order chi connectivity index (χ0) is 14.0. The number of hydrogen-bond acceptors (Lipinski definition) is 4. The maximum atomic E-state index is 11.3. The SMILES string of the molecule is O=C(NS(=O)(=O)Cl)Oc1ccc(Cl)c2ccccc12. The molecule has 1 N–H and O–H groups in total. The third kappa shape index (κ3) is 3.50. The monoisotopic (exact) mass is 319 g/mol. The molecule has 19 heavy (non-hydrogen) atoms. The van der Waals surface area contributed by atoms with Crippen LogP contribution in [0.15, 0.2) is 36.4 Å². The Balaban J connectivity index is 2.37. The van der Waals surface area contributed by atoms with E-state index in [1.54, 1.807) is 30.3 Å². The van der Waals surface area contributed by atoms with E-state index in [0.29, 0.717) is 15.8 Å². The van der Waals surface area contributed by atoms with Crippen molar-refractivity contribution in [2.45, 2.75) is 0 Å². The molecule has 0 saturated carbocycles. The zero-order valence-corrected chi connectivity index (χ0v) is 11.6. The van der Waals surface area contributed by atoms with Gasteiger partial charge in [0, 0.05) is 26.5 Å². The van der Waals surface area contributed by atoms with Crippen molar-refractivity contribution in [1.29, 1.82) is 0 Å². The number of benzene rings is 2. The molecule has 0 fully saturated rings. The van der Waals surface area contributed by atoms with Gasteiger partial charge in [-0.1, -0.05) is 35.9 Å². The number of ether oxygens (including phenoxy) is 1. The van der Waals surface area contributed by atoms with Crippen molar-refractivity contribution in [2.24, 2.45) is 0 Å². The number of hydrogen-bond donors (Lipinski definition) is 1. The molecule has 0 radical (unpaired) electrons. The van der Waals surface area contributed by atoms with Crippen LogP contribution >= 0.6 is 22.3 Å². The number of rotatable bonds is 2. The fourth-order valence-electron chi connectivity index (χ4n) is 1.54. The predicted octanol–water partition coefficient (Wildman–Crippen LogP) is 3.07. The maximum absolute atomic E-state index is 11.3. The van der Waals surface area contributed by atoms with Crippen molar-refractivity contribution in [3.63, 3.8) is 0 Å². The fourth-order valence-corrected chi connectivity index (χ4v) is 2.20. The average molecular weight is 320 g/mol. The first-order valence-electron chi connectivity index (χ1n) is 4.98. The van der Waals surface area contributed by atoms with E-state index in [4.69, 9.17) is 27.0 Å². The number of amides is 1. The summed E-state index contributed by atoms with van der Waals surface area (Å²) in [6.45, 7) is 0. The number of nitrogens with one attached hydrogen (secondary N) is 1. The molecular formula is C11H7Cl2NO4S. The van der Waals surface area contributed by atoms with Crippen LogP contribution in [0, 0.1) is 0 Å². The van der Waals surface area contributed by atoms with Gasteiger partial charge in [0.05, 0.1) is 0 Å². The lowest BCUT2D eigenvalue weighted by Gasteiger charge is -2.08. The first-order valence-corrected chi connectivity index (χ1v) is 7.67. The van der Waals surface area contributed by atoms with Crippen LogP contribution in [-0.4, -0.2) is 14.5 Å². The molecule has 2 aromatic rings. The van der Waals surface area contributed by atoms with Crippen LogP contribution in [0.1, 0.15) is 0 Å². The summed E-state index contributed by atoms with van der Waals surface area (Å²) in [4.78, 5) is 11.3. The van der Waals surface area contributed by atoms with Crippen LogP contribution in [0.25, 0.3) is 10.8 Å². The van der Waals surface area contributed by atoms with Crippen LogP contribution in [0.2, 0.25) is 5.02 Å². The summed E-state index contributed by atoms with van der Waals surface area (Å²) >= 11 is 6.00. The fraction of sp³-hybridized carbons (Fsp3) is 0. The van der Waals surface area contributed by atoms with E-state index in [0.717, 1.165) is 0 Å². The van der Waals surface area contributed by atoms with E-state index >= 15 is 0 Å². The highest BCUT2D eigenvalue weighted by molar-refractivity contribution is 8.12. The van der Waals surface area contributed by atoms with Gasteiger partial charge in [-0.15, -0.1) is 0 Å². The molecule has 2 aromatic carbocycles. The van der Waals surface area contributed by atoms with Crippen molar-refractivity contribution < 1.29 is 17.9 Å². The summed E-state index contributed by atoms with van der Waals surface area (Å²) in [6.07, 6.45) is -1.19. The van der Waals surface area contributed by atoms with E-state index in [-0.39, 0.29) is 5.75 Å². The van der Waals surface area contributed by atoms with Gasteiger partial charge in [0.15, 0.2) is 0 Å². The zero-order valence-electron chi connectivity index (χ0n) is 9.26. The lowest BCUT2D eigenvalue weighted by atomic mass is 10.1. The summed E-state index contributed by atoms with van der Waals surface area (Å²) in [6, 6.07) is 9.97. The highest BCUT2D eigenvalue weighted by Gasteiger charge is 2.14. The van der Waals surface area contributed by atoms with E-state index < -0.39 is 15.3 Å². The first-order chi connectivity index (χ1) is 8.87. The van der Waals surface area contributed by atoms with Crippen molar-refractivity contribution in [2.75, 3.05) is 0 Å². The molecule has 0 spiro atoms. The van der Waals surface area contributed by atoms with Gasteiger partial charge in [0.25, 0.3) is 0 Å². The minimum absolute atomic E-state index is 0.179. The molecule has 0 aliphatic carbocycles. The molecule has 5 nitrogen and oxygen atoms in total. The Hall–Kier alpha value is -1.50. The van der Waals surface area contributed by atoms with Gasteiger partial charge in [0.1, 0.15) is 5.75 Å². The van der Waals surface area contributed by atoms with Crippen LogP contribution < -0.4 is 9.46 Å². The first kappa shape index (κ1) is 13.9. The van der Waals surface area contributed by atoms with Gasteiger partial charge in [-0.3, -0.25) is 0 Å². The van der Waals surface area contributed by atoms with E-state index in [1.165, 1.54) is 10.8 Å². The van der Waals surface area contributed by atoms with Gasteiger partial charge in [-0.05, 0) is 12.1 Å². The average Bonchev–Trinajstić information content (AvgIpc) is 2.31. The van der Waals surface area contributed by atoms with Crippen molar-refractivity contribution in [3.8, 4) is 5.75 Å². The van der Waals surface area contributed by atoms with Gasteiger partial charge in [-0.25, -0.2) is 9.52 Å². The normalized spacial score (nSPS) is 11.3. The van der Waals surface area contributed by atoms with Gasteiger partial charge >= 0.3 is 15.3 Å². The number of fused-ring (bicyclic) bond motifs is 1. The molecule has 0 aromatic heterocycles. The van der Waals surface area contributed by atoms with Gasteiger partial charge in [-0.2, -0.15) is 8.42 Å². The Bertz CT molecular complexity index is 745. The van der Waals surface area contributed by atoms with E-state index in [1.807, 2.05) is 0 Å². The Morgan fingerprint density at radius 3 is 2.37 bits per heavy atom. The summed E-state index contributed by atoms with van der Waals surface area (Å²) < 4.78 is 27.7. The second-order valence-corrected chi connectivity index (χ2v) is 6.23. The van der Waals surface area contributed by atoms with Crippen molar-refractivity contribution in [1.82, 2.24) is 4.72 Å². The van der Waals surface area contributed by atoms with Crippen molar-refractivity contribution >= 4 is 48.4 Å². The van der Waals surface area contributed by atoms with E-state index in [9.17, 15) is 13.2 Å². The number of halogens is 2. The molecule has 2 rings (SSSR count). The van der Waals surface area contributed by atoms with E-state index in [2.05, 4.69) is 0 Å². The largest absolute Gasteiger partial charge is 0.427 e. The molecule has 1 amide bonds. The third-order valence-corrected chi connectivity index (χ3v) is 3.21. The summed E-state index contributed by atoms with van der Waals surface area (Å²) in [5.41, 5.74) is 0. The Labute approximate surface area is 118 Å². The molecule has 0 aliphatic rings. The smallest absolute Gasteiger partial charge is 0.409 e. The molecule has 0 bridgehead atoms. The Morgan fingerprint density at radius 2 is 1.74 bits per heavy atom. The Kier molecular flexibility index (Phi) is 3.84. The molecule has 0 atom stereocenters. The topological polar surface area (TPSA) is 72.5 Å². The van der Waals surface area contributed by atoms with Crippen LogP contribution in [0.5, 0.6) is 5.75 Å². The standard InChI is InChI=1S/C11H7Cl2NO4S/c12-9-5-6-10(8-4-2-1-3-7(8)9)18-11(15)14-19(13,16)17/h1-6H,(H,14,15). The highest BCUT2D eigenvalue weighted by atomic mass is 35.7. The second kappa shape index (κ2) is 5.24. The lowest BCUT2D eigenvalue weighted by molar-refractivity contribution is 0.207. The summed E-state index contributed by atoms with van der Waals surface area (Å²) in [5, 5.41) is 1.76. The quantitative estimate of drug-likeness (QED) is 0.863. The maximum Gasteiger partial charge on any atom is 0.427 e. The lowest BCUT2D eigenvalue weighted by Crippen LogP contribution is -2.29. The van der Waals surface area contributed by atoms with Crippen LogP contribution in [-0.2, 0) is 9.24 Å². The molecule has 100 valence electrons. The number of carbonyl (C=O) groups is 1. The molecule has 0 saturated heterocycles. The minimum atomic E-state index is -4.18. The molecule has 8 heteroatoms. The van der Waals surface area contributed by atoms with Gasteiger partial charge in [0.2, 0.25) is 0 Å². The summed E-state index contributed by atoms with van der Waals surface area (Å²) in [7, 11) is 0.694. The van der Waals surface area contributed by atoms with Crippen molar-refractivity contribution in [3.05, 3.63) is 41.4 Å². The van der Waals surface area contributed by atoms with Gasteiger partial charge < -0.3 is 4.74 Å². The minimum Gasteiger partial charge on any atom is -0.409 e. The predicted molar refractivity (Wildman–Crippen MR) is 72.9 cm³/mol. The van der Waals surface area contributed by atoms with Crippen LogP contribution in [0.4, 0.5) is 4.79 Å². The molecule has 0 unspecified atom stereocenters. The summed E-state index contributed by atoms with van der Waals surface area (Å²) in [5.74, 6) is 0.179. The van der Waals surface area contributed by atoms with Crippen LogP contribution in [0.3, 0.4) is 0 Å². The Morgan fingerprint density at radius 1 is 1.11 bits per heavy atom.